The molecule has 182 valence electrons. The van der Waals surface area contributed by atoms with Crippen molar-refractivity contribution in [1.29, 1.82) is 0 Å². The van der Waals surface area contributed by atoms with Gasteiger partial charge < -0.3 is 30.3 Å². The van der Waals surface area contributed by atoms with Crippen LogP contribution in [0.1, 0.15) is 0 Å². The van der Waals surface area contributed by atoms with Crippen molar-refractivity contribution in [3.8, 4) is 5.75 Å². The molecule has 1 heterocycles. The maximum absolute atomic E-state index is 12.6. The second-order valence-corrected chi connectivity index (χ2v) is 7.86. The van der Waals surface area contributed by atoms with E-state index >= 15 is 0 Å². The number of nitro benzene ring substituents is 1. The van der Waals surface area contributed by atoms with Crippen LogP contribution in [0.25, 0.3) is 0 Å². The quantitative estimate of drug-likeness (QED) is 0.310. The molecular formula is C25H27N5O5. The van der Waals surface area contributed by atoms with Crippen molar-refractivity contribution in [2.45, 2.75) is 0 Å². The summed E-state index contributed by atoms with van der Waals surface area (Å²) in [7, 11) is 1.56. The van der Waals surface area contributed by atoms with E-state index in [1.54, 1.807) is 19.2 Å². The maximum atomic E-state index is 12.6. The molecule has 10 nitrogen and oxygen atoms in total. The van der Waals surface area contributed by atoms with Gasteiger partial charge in [-0.15, -0.1) is 0 Å². The Bertz CT molecular complexity index is 1180. The number of carbonyl (C=O) groups is 1. The van der Waals surface area contributed by atoms with E-state index in [2.05, 4.69) is 20.9 Å². The number of rotatable bonds is 9. The van der Waals surface area contributed by atoms with Crippen LogP contribution in [0.5, 0.6) is 5.75 Å². The normalized spacial score (nSPS) is 13.1. The van der Waals surface area contributed by atoms with Gasteiger partial charge in [0.1, 0.15) is 5.75 Å². The summed E-state index contributed by atoms with van der Waals surface area (Å²) < 4.78 is 10.7. The molecule has 1 fully saturated rings. The van der Waals surface area contributed by atoms with Gasteiger partial charge in [0, 0.05) is 36.6 Å². The van der Waals surface area contributed by atoms with Crippen LogP contribution in [0, 0.1) is 10.1 Å². The summed E-state index contributed by atoms with van der Waals surface area (Å²) in [6, 6.07) is 19.3. The second kappa shape index (κ2) is 11.2. The molecule has 0 aliphatic carbocycles. The van der Waals surface area contributed by atoms with E-state index in [-0.39, 0.29) is 18.1 Å². The Kier molecular flexibility index (Phi) is 7.63. The van der Waals surface area contributed by atoms with Crippen LogP contribution in [-0.4, -0.2) is 50.8 Å². The molecule has 0 aromatic heterocycles. The van der Waals surface area contributed by atoms with Crippen LogP contribution in [0.15, 0.2) is 66.7 Å². The van der Waals surface area contributed by atoms with E-state index in [1.807, 2.05) is 42.5 Å². The lowest BCUT2D eigenvalue weighted by molar-refractivity contribution is -0.384. The van der Waals surface area contributed by atoms with E-state index < -0.39 is 4.92 Å². The molecule has 3 N–H and O–H groups in total. The van der Waals surface area contributed by atoms with Gasteiger partial charge in [-0.2, -0.15) is 0 Å². The van der Waals surface area contributed by atoms with Gasteiger partial charge in [-0.05, 0) is 42.5 Å². The van der Waals surface area contributed by atoms with Crippen LogP contribution < -0.4 is 25.6 Å². The molecule has 0 radical (unpaired) electrons. The maximum Gasteiger partial charge on any atom is 0.271 e. The van der Waals surface area contributed by atoms with E-state index in [0.717, 1.165) is 18.8 Å². The molecule has 0 spiro atoms. The van der Waals surface area contributed by atoms with Gasteiger partial charge in [-0.25, -0.2) is 0 Å². The lowest BCUT2D eigenvalue weighted by Gasteiger charge is -2.28. The minimum absolute atomic E-state index is 0.0764. The average molecular weight is 478 g/mol. The highest BCUT2D eigenvalue weighted by atomic mass is 16.6. The number of carbonyl (C=O) groups excluding carboxylic acids is 1. The Balaban J connectivity index is 1.42. The molecule has 10 heteroatoms. The minimum atomic E-state index is -0.478. The molecule has 35 heavy (non-hydrogen) atoms. The summed E-state index contributed by atoms with van der Waals surface area (Å²) >= 11 is 0. The molecule has 3 aromatic carbocycles. The smallest absolute Gasteiger partial charge is 0.271 e. The summed E-state index contributed by atoms with van der Waals surface area (Å²) in [5.74, 6) is 0.342. The van der Waals surface area contributed by atoms with Crippen LogP contribution in [0.4, 0.5) is 34.1 Å². The third-order valence-electron chi connectivity index (χ3n) is 5.56. The number of hydrogen-bond acceptors (Lipinski definition) is 8. The summed E-state index contributed by atoms with van der Waals surface area (Å²) in [6.45, 7) is 3.01. The lowest BCUT2D eigenvalue weighted by atomic mass is 10.2. The summed E-state index contributed by atoms with van der Waals surface area (Å²) in [5, 5.41) is 20.4. The first kappa shape index (κ1) is 23.8. The molecule has 3 aromatic rings. The predicted octanol–water partition coefficient (Wildman–Crippen LogP) is 4.23. The number of nitro groups is 1. The zero-order valence-corrected chi connectivity index (χ0v) is 19.3. The zero-order valence-electron chi connectivity index (χ0n) is 19.3. The van der Waals surface area contributed by atoms with Crippen LogP contribution in [-0.2, 0) is 9.53 Å². The zero-order chi connectivity index (χ0) is 24.6. The summed E-state index contributed by atoms with van der Waals surface area (Å²) in [5.41, 5.74) is 3.34. The van der Waals surface area contributed by atoms with Crippen LogP contribution >= 0.6 is 0 Å². The van der Waals surface area contributed by atoms with Gasteiger partial charge >= 0.3 is 0 Å². The number of morpholine rings is 1. The predicted molar refractivity (Wildman–Crippen MR) is 136 cm³/mol. The third kappa shape index (κ3) is 6.18. The van der Waals surface area contributed by atoms with Gasteiger partial charge in [0.2, 0.25) is 5.91 Å². The molecule has 1 amide bonds. The number of non-ortho nitro benzene ring substituents is 1. The first-order chi connectivity index (χ1) is 17.0. The number of benzene rings is 3. The minimum Gasteiger partial charge on any atom is -0.495 e. The number of hydrogen-bond donors (Lipinski definition) is 3. The van der Waals surface area contributed by atoms with Gasteiger partial charge in [0.25, 0.3) is 5.69 Å². The van der Waals surface area contributed by atoms with Crippen LogP contribution in [0.2, 0.25) is 0 Å². The number of para-hydroxylation sites is 2. The topological polar surface area (TPSA) is 118 Å². The Morgan fingerprint density at radius 2 is 1.77 bits per heavy atom. The molecular weight excluding hydrogens is 450 g/mol. The largest absolute Gasteiger partial charge is 0.495 e. The number of nitrogens with zero attached hydrogens (tertiary/aromatic N) is 2. The Morgan fingerprint density at radius 3 is 2.49 bits per heavy atom. The van der Waals surface area contributed by atoms with Gasteiger partial charge in [0.15, 0.2) is 0 Å². The van der Waals surface area contributed by atoms with E-state index in [4.69, 9.17) is 9.47 Å². The molecule has 1 saturated heterocycles. The van der Waals surface area contributed by atoms with Gasteiger partial charge in [-0.1, -0.05) is 12.1 Å². The highest BCUT2D eigenvalue weighted by Gasteiger charge is 2.14. The van der Waals surface area contributed by atoms with Crippen molar-refractivity contribution in [3.05, 3.63) is 76.8 Å². The Hall–Kier alpha value is -4.31. The van der Waals surface area contributed by atoms with Crippen molar-refractivity contribution in [2.75, 3.05) is 60.8 Å². The monoisotopic (exact) mass is 477 g/mol. The fourth-order valence-electron chi connectivity index (χ4n) is 3.75. The molecule has 0 saturated carbocycles. The van der Waals surface area contributed by atoms with Crippen molar-refractivity contribution in [3.63, 3.8) is 0 Å². The van der Waals surface area contributed by atoms with Crippen molar-refractivity contribution in [1.82, 2.24) is 0 Å². The highest BCUT2D eigenvalue weighted by Crippen LogP contribution is 2.33. The molecule has 1 aliphatic rings. The number of anilines is 5. The fourth-order valence-corrected chi connectivity index (χ4v) is 3.75. The van der Waals surface area contributed by atoms with Crippen molar-refractivity contribution < 1.29 is 19.2 Å². The highest BCUT2D eigenvalue weighted by molar-refractivity contribution is 5.94. The molecule has 0 unspecified atom stereocenters. The first-order valence-corrected chi connectivity index (χ1v) is 11.2. The number of amides is 1. The van der Waals surface area contributed by atoms with E-state index in [9.17, 15) is 14.9 Å². The number of methoxy groups -OCH3 is 1. The van der Waals surface area contributed by atoms with Crippen molar-refractivity contribution >= 4 is 40.0 Å². The number of nitrogens with one attached hydrogen (secondary N) is 3. The number of ether oxygens (including phenoxy) is 2. The fraction of sp³-hybridized carbons (Fsp3) is 0.240. The molecule has 1 aliphatic heterocycles. The van der Waals surface area contributed by atoms with E-state index in [0.29, 0.717) is 41.7 Å². The molecule has 4 rings (SSSR count). The Labute approximate surface area is 203 Å². The standard InChI is InChI=1S/C25H27N5O5/c1-34-24-5-3-2-4-22(24)28-21-11-10-20(30(32)33)16-23(21)26-17-25(31)27-18-6-8-19(9-7-18)29-12-14-35-15-13-29/h2-11,16,26,28H,12-15,17H2,1H3,(H,27,31). The first-order valence-electron chi connectivity index (χ1n) is 11.2. The molecule has 0 atom stereocenters. The Morgan fingerprint density at radius 1 is 1.03 bits per heavy atom. The summed E-state index contributed by atoms with van der Waals surface area (Å²) in [6.07, 6.45) is 0. The van der Waals surface area contributed by atoms with Gasteiger partial charge in [0.05, 0.1) is 48.9 Å². The van der Waals surface area contributed by atoms with Crippen molar-refractivity contribution in [2.24, 2.45) is 0 Å². The third-order valence-corrected chi connectivity index (χ3v) is 5.56. The summed E-state index contributed by atoms with van der Waals surface area (Å²) in [4.78, 5) is 25.6. The average Bonchev–Trinajstić information content (AvgIpc) is 2.89. The second-order valence-electron chi connectivity index (χ2n) is 7.86. The van der Waals surface area contributed by atoms with E-state index in [1.165, 1.54) is 12.1 Å². The molecule has 0 bridgehead atoms. The lowest BCUT2D eigenvalue weighted by Crippen LogP contribution is -2.36. The van der Waals surface area contributed by atoms with Crippen LogP contribution in [0.3, 0.4) is 0 Å². The SMILES string of the molecule is COc1ccccc1Nc1ccc([N+](=O)[O-])cc1NCC(=O)Nc1ccc(N2CCOCC2)cc1. The van der Waals surface area contributed by atoms with Gasteiger partial charge in [-0.3, -0.25) is 14.9 Å².